The molecule has 17 heavy (non-hydrogen) atoms. The second kappa shape index (κ2) is 6.23. The number of carbonyl (C=O) groups is 1. The van der Waals surface area contributed by atoms with Gasteiger partial charge in [-0.15, -0.1) is 0 Å². The number of carbonyl (C=O) groups excluding carboxylic acids is 1. The van der Waals surface area contributed by atoms with Crippen molar-refractivity contribution in [1.82, 2.24) is 10.3 Å². The van der Waals surface area contributed by atoms with Crippen molar-refractivity contribution in [2.45, 2.75) is 39.7 Å². The van der Waals surface area contributed by atoms with Crippen LogP contribution in [0.2, 0.25) is 0 Å². The molecule has 1 amide bonds. The highest BCUT2D eigenvalue weighted by atomic mass is 16.1. The van der Waals surface area contributed by atoms with E-state index in [1.165, 1.54) is 0 Å². The Hall–Kier alpha value is -1.58. The first-order valence-electron chi connectivity index (χ1n) is 6.01. The van der Waals surface area contributed by atoms with E-state index in [1.54, 1.807) is 18.3 Å². The minimum absolute atomic E-state index is 0.159. The molecule has 0 fully saturated rings. The maximum absolute atomic E-state index is 11.8. The van der Waals surface area contributed by atoms with E-state index < -0.39 is 0 Å². The van der Waals surface area contributed by atoms with E-state index >= 15 is 0 Å². The molecular formula is C13H21N3O. The third kappa shape index (κ3) is 4.85. The Morgan fingerprint density at radius 3 is 2.71 bits per heavy atom. The Labute approximate surface area is 103 Å². The van der Waals surface area contributed by atoms with Crippen LogP contribution in [0.4, 0.5) is 5.69 Å². The molecule has 1 aromatic rings. The second-order valence-electron chi connectivity index (χ2n) is 4.82. The maximum atomic E-state index is 11.8. The van der Waals surface area contributed by atoms with Crippen LogP contribution in [0.1, 0.15) is 44.1 Å². The van der Waals surface area contributed by atoms with Crippen LogP contribution in [-0.4, -0.2) is 16.9 Å². The molecule has 0 bridgehead atoms. The van der Waals surface area contributed by atoms with E-state index in [4.69, 9.17) is 5.73 Å². The van der Waals surface area contributed by atoms with Crippen LogP contribution in [0.3, 0.4) is 0 Å². The monoisotopic (exact) mass is 235 g/mol. The molecule has 0 radical (unpaired) electrons. The molecule has 4 heteroatoms. The molecular weight excluding hydrogens is 214 g/mol. The summed E-state index contributed by atoms with van der Waals surface area (Å²) in [5.74, 6) is 0.494. The lowest BCUT2D eigenvalue weighted by atomic mass is 10.0. The van der Waals surface area contributed by atoms with Gasteiger partial charge in [0.2, 0.25) is 0 Å². The van der Waals surface area contributed by atoms with Crippen molar-refractivity contribution in [3.8, 4) is 0 Å². The quantitative estimate of drug-likeness (QED) is 0.822. The Balaban J connectivity index is 2.49. The lowest BCUT2D eigenvalue weighted by molar-refractivity contribution is 0.0932. The lowest BCUT2D eigenvalue weighted by Crippen LogP contribution is -2.33. The molecule has 94 valence electrons. The number of amides is 1. The highest BCUT2D eigenvalue weighted by Crippen LogP contribution is 2.08. The number of nitrogens with two attached hydrogens (primary N) is 1. The van der Waals surface area contributed by atoms with Crippen LogP contribution >= 0.6 is 0 Å². The first-order valence-corrected chi connectivity index (χ1v) is 6.01. The zero-order valence-corrected chi connectivity index (χ0v) is 10.7. The Morgan fingerprint density at radius 1 is 1.41 bits per heavy atom. The number of hydrogen-bond donors (Lipinski definition) is 2. The fourth-order valence-electron chi connectivity index (χ4n) is 1.52. The van der Waals surface area contributed by atoms with Crippen molar-refractivity contribution in [1.29, 1.82) is 0 Å². The van der Waals surface area contributed by atoms with E-state index in [9.17, 15) is 4.79 Å². The number of pyridine rings is 1. The van der Waals surface area contributed by atoms with E-state index in [1.807, 2.05) is 6.92 Å². The van der Waals surface area contributed by atoms with E-state index in [-0.39, 0.29) is 11.9 Å². The number of rotatable bonds is 5. The summed E-state index contributed by atoms with van der Waals surface area (Å²) in [6.45, 7) is 6.36. The highest BCUT2D eigenvalue weighted by Gasteiger charge is 2.11. The summed E-state index contributed by atoms with van der Waals surface area (Å²) in [5.41, 5.74) is 6.54. The van der Waals surface area contributed by atoms with E-state index in [0.29, 0.717) is 17.3 Å². The summed E-state index contributed by atoms with van der Waals surface area (Å²) < 4.78 is 0. The first kappa shape index (κ1) is 13.5. The van der Waals surface area contributed by atoms with E-state index in [0.717, 1.165) is 12.8 Å². The molecule has 0 spiro atoms. The lowest BCUT2D eigenvalue weighted by Gasteiger charge is -2.14. The molecule has 1 heterocycles. The summed E-state index contributed by atoms with van der Waals surface area (Å²) in [6, 6.07) is 3.41. The van der Waals surface area contributed by atoms with Gasteiger partial charge in [0.15, 0.2) is 0 Å². The molecule has 0 saturated carbocycles. The average molecular weight is 235 g/mol. The summed E-state index contributed by atoms with van der Waals surface area (Å²) in [5, 5.41) is 2.92. The topological polar surface area (TPSA) is 68.0 Å². The Morgan fingerprint density at radius 2 is 2.12 bits per heavy atom. The first-order chi connectivity index (χ1) is 7.99. The molecule has 1 rings (SSSR count). The number of aromatic nitrogens is 1. The van der Waals surface area contributed by atoms with Crippen molar-refractivity contribution < 1.29 is 4.79 Å². The zero-order valence-electron chi connectivity index (χ0n) is 10.7. The third-order valence-electron chi connectivity index (χ3n) is 2.57. The van der Waals surface area contributed by atoms with Gasteiger partial charge < -0.3 is 11.1 Å². The van der Waals surface area contributed by atoms with Gasteiger partial charge >= 0.3 is 0 Å². The number of anilines is 1. The van der Waals surface area contributed by atoms with Gasteiger partial charge in [0.05, 0.1) is 0 Å². The van der Waals surface area contributed by atoms with Crippen LogP contribution in [0.5, 0.6) is 0 Å². The standard InChI is InChI=1S/C13H21N3O/c1-9(2)4-5-10(3)16-13(17)12-8-11(14)6-7-15-12/h6-10H,4-5H2,1-3H3,(H2,14,15)(H,16,17). The summed E-state index contributed by atoms with van der Waals surface area (Å²) in [4.78, 5) is 15.8. The molecule has 0 aliphatic carbocycles. The molecule has 4 nitrogen and oxygen atoms in total. The summed E-state index contributed by atoms with van der Waals surface area (Å²) in [7, 11) is 0. The predicted molar refractivity (Wildman–Crippen MR) is 69.6 cm³/mol. The van der Waals surface area contributed by atoms with Crippen molar-refractivity contribution in [2.75, 3.05) is 5.73 Å². The van der Waals surface area contributed by atoms with Crippen LogP contribution in [0, 0.1) is 5.92 Å². The minimum Gasteiger partial charge on any atom is -0.399 e. The van der Waals surface area contributed by atoms with Gasteiger partial charge in [-0.2, -0.15) is 0 Å². The number of hydrogen-bond acceptors (Lipinski definition) is 3. The van der Waals surface area contributed by atoms with Crippen molar-refractivity contribution in [3.63, 3.8) is 0 Å². The number of nitrogen functional groups attached to an aromatic ring is 1. The number of nitrogens with one attached hydrogen (secondary N) is 1. The van der Waals surface area contributed by atoms with Gasteiger partial charge in [0.25, 0.3) is 5.91 Å². The second-order valence-corrected chi connectivity index (χ2v) is 4.82. The van der Waals surface area contributed by atoms with Crippen molar-refractivity contribution in [3.05, 3.63) is 24.0 Å². The third-order valence-corrected chi connectivity index (χ3v) is 2.57. The largest absolute Gasteiger partial charge is 0.399 e. The zero-order chi connectivity index (χ0) is 12.8. The van der Waals surface area contributed by atoms with Gasteiger partial charge in [-0.05, 0) is 37.8 Å². The highest BCUT2D eigenvalue weighted by molar-refractivity contribution is 5.93. The molecule has 1 atom stereocenters. The maximum Gasteiger partial charge on any atom is 0.270 e. The van der Waals surface area contributed by atoms with Gasteiger partial charge in [-0.3, -0.25) is 9.78 Å². The molecule has 1 unspecified atom stereocenters. The molecule has 0 aliphatic heterocycles. The normalized spacial score (nSPS) is 12.5. The van der Waals surface area contributed by atoms with Crippen molar-refractivity contribution >= 4 is 11.6 Å². The van der Waals surface area contributed by atoms with Crippen LogP contribution in [0.25, 0.3) is 0 Å². The number of nitrogens with zero attached hydrogens (tertiary/aromatic N) is 1. The molecule has 0 aliphatic rings. The molecule has 3 N–H and O–H groups in total. The SMILES string of the molecule is CC(C)CCC(C)NC(=O)c1cc(N)ccn1. The van der Waals surface area contributed by atoms with E-state index in [2.05, 4.69) is 24.1 Å². The average Bonchev–Trinajstić information content (AvgIpc) is 2.26. The Kier molecular flexibility index (Phi) is 4.94. The smallest absolute Gasteiger partial charge is 0.270 e. The minimum atomic E-state index is -0.159. The van der Waals surface area contributed by atoms with Gasteiger partial charge in [0.1, 0.15) is 5.69 Å². The van der Waals surface area contributed by atoms with Gasteiger partial charge in [0, 0.05) is 17.9 Å². The molecule has 0 aromatic carbocycles. The van der Waals surface area contributed by atoms with Gasteiger partial charge in [-0.25, -0.2) is 0 Å². The van der Waals surface area contributed by atoms with Crippen LogP contribution in [0.15, 0.2) is 18.3 Å². The molecule has 0 saturated heterocycles. The fraction of sp³-hybridized carbons (Fsp3) is 0.538. The van der Waals surface area contributed by atoms with Crippen LogP contribution < -0.4 is 11.1 Å². The van der Waals surface area contributed by atoms with Crippen molar-refractivity contribution in [2.24, 2.45) is 5.92 Å². The van der Waals surface area contributed by atoms with Gasteiger partial charge in [-0.1, -0.05) is 13.8 Å². The summed E-state index contributed by atoms with van der Waals surface area (Å²) in [6.07, 6.45) is 3.63. The fourth-order valence-corrected chi connectivity index (χ4v) is 1.52. The predicted octanol–water partition coefficient (Wildman–Crippen LogP) is 2.22. The Bertz CT molecular complexity index is 377. The van der Waals surface area contributed by atoms with Crippen LogP contribution in [-0.2, 0) is 0 Å². The summed E-state index contributed by atoms with van der Waals surface area (Å²) >= 11 is 0. The molecule has 1 aromatic heterocycles.